The summed E-state index contributed by atoms with van der Waals surface area (Å²) in [5.74, 6) is 0.378. The minimum absolute atomic E-state index is 0.287. The van der Waals surface area contributed by atoms with E-state index in [4.69, 9.17) is 15.2 Å². The minimum Gasteiger partial charge on any atom is -0.482 e. The first-order valence-corrected chi connectivity index (χ1v) is 11.6. The molecule has 0 aliphatic carbocycles. The number of para-hydroxylation sites is 1. The fraction of sp³-hybridized carbons (Fsp3) is 0.407. The molecule has 0 unspecified atom stereocenters. The number of likely N-dealkylation sites (tertiary alicyclic amines) is 1. The van der Waals surface area contributed by atoms with Crippen molar-refractivity contribution in [1.29, 1.82) is 0 Å². The molecule has 2 aliphatic rings. The first-order chi connectivity index (χ1) is 15.7. The summed E-state index contributed by atoms with van der Waals surface area (Å²) in [5.41, 5.74) is 7.92. The highest BCUT2D eigenvalue weighted by molar-refractivity contribution is 5.93. The number of nitrogens with zero attached hydrogens (tertiary/aromatic N) is 1. The number of amides is 2. The van der Waals surface area contributed by atoms with Crippen LogP contribution in [0.4, 0.5) is 4.79 Å². The quantitative estimate of drug-likeness (QED) is 0.664. The van der Waals surface area contributed by atoms with Crippen molar-refractivity contribution in [3.05, 3.63) is 71.3 Å². The number of hydrogen-bond acceptors (Lipinski definition) is 4. The zero-order chi connectivity index (χ0) is 24.2. The molecular weight excluding hydrogens is 416 g/mol. The Kier molecular flexibility index (Phi) is 7.15. The smallest absolute Gasteiger partial charge is 0.410 e. The number of primary amides is 1. The maximum Gasteiger partial charge on any atom is 0.410 e. The third-order valence-corrected chi connectivity index (χ3v) is 5.64. The summed E-state index contributed by atoms with van der Waals surface area (Å²) in [6, 6.07) is 15.3. The van der Waals surface area contributed by atoms with Crippen LogP contribution in [-0.4, -0.2) is 41.2 Å². The maximum absolute atomic E-state index is 12.5. The van der Waals surface area contributed by atoms with Gasteiger partial charge in [-0.3, -0.25) is 4.79 Å². The Morgan fingerprint density at radius 3 is 2.18 bits per heavy atom. The van der Waals surface area contributed by atoms with Crippen LogP contribution in [0.25, 0.3) is 5.57 Å². The van der Waals surface area contributed by atoms with Gasteiger partial charge in [-0.05, 0) is 56.2 Å². The molecule has 2 aromatic rings. The monoisotopic (exact) mass is 450 g/mol. The summed E-state index contributed by atoms with van der Waals surface area (Å²) in [4.78, 5) is 25.7. The number of hydrogen-bond donors (Lipinski definition) is 1. The molecule has 0 saturated carbocycles. The topological polar surface area (TPSA) is 81.9 Å². The van der Waals surface area contributed by atoms with Gasteiger partial charge in [-0.1, -0.05) is 44.2 Å². The van der Waals surface area contributed by atoms with Crippen molar-refractivity contribution in [2.75, 3.05) is 13.1 Å². The highest BCUT2D eigenvalue weighted by Crippen LogP contribution is 2.43. The second kappa shape index (κ2) is 9.69. The number of carbonyl (C=O) groups is 2. The van der Waals surface area contributed by atoms with E-state index in [9.17, 15) is 9.59 Å². The lowest BCUT2D eigenvalue weighted by molar-refractivity contribution is -0.00116. The number of carbonyl (C=O) groups excluding carboxylic acids is 2. The van der Waals surface area contributed by atoms with Gasteiger partial charge in [0.05, 0.1) is 0 Å². The van der Waals surface area contributed by atoms with Crippen LogP contribution in [0, 0.1) is 0 Å². The van der Waals surface area contributed by atoms with Crippen LogP contribution in [0.15, 0.2) is 54.6 Å². The largest absolute Gasteiger partial charge is 0.482 e. The van der Waals surface area contributed by atoms with Crippen molar-refractivity contribution in [2.24, 2.45) is 5.73 Å². The molecule has 1 spiro atoms. The number of rotatable bonds is 2. The summed E-state index contributed by atoms with van der Waals surface area (Å²) < 4.78 is 12.0. The third kappa shape index (κ3) is 5.56. The normalized spacial score (nSPS) is 16.5. The Morgan fingerprint density at radius 2 is 1.61 bits per heavy atom. The summed E-state index contributed by atoms with van der Waals surface area (Å²) in [5, 5.41) is 0. The van der Waals surface area contributed by atoms with Crippen molar-refractivity contribution in [2.45, 2.75) is 58.7 Å². The first-order valence-electron chi connectivity index (χ1n) is 11.6. The van der Waals surface area contributed by atoms with E-state index in [1.165, 1.54) is 0 Å². The molecule has 2 heterocycles. The fourth-order valence-corrected chi connectivity index (χ4v) is 4.06. The Morgan fingerprint density at radius 1 is 1.00 bits per heavy atom. The molecule has 2 amide bonds. The van der Waals surface area contributed by atoms with Gasteiger partial charge >= 0.3 is 6.09 Å². The average Bonchev–Trinajstić information content (AvgIpc) is 2.79. The first kappa shape index (κ1) is 24.4. The van der Waals surface area contributed by atoms with Crippen molar-refractivity contribution >= 4 is 17.6 Å². The Balaban J connectivity index is 0.00000149. The van der Waals surface area contributed by atoms with E-state index >= 15 is 0 Å². The highest BCUT2D eigenvalue weighted by Gasteiger charge is 2.40. The Hall–Kier alpha value is -3.28. The summed E-state index contributed by atoms with van der Waals surface area (Å²) in [7, 11) is 0. The van der Waals surface area contributed by atoms with Crippen molar-refractivity contribution < 1.29 is 19.1 Å². The minimum atomic E-state index is -0.517. The molecule has 6 heteroatoms. The van der Waals surface area contributed by atoms with Gasteiger partial charge in [-0.25, -0.2) is 4.79 Å². The second-order valence-electron chi connectivity index (χ2n) is 9.13. The van der Waals surface area contributed by atoms with Crippen LogP contribution in [0.1, 0.15) is 68.9 Å². The maximum atomic E-state index is 12.5. The molecule has 1 saturated heterocycles. The molecule has 176 valence electrons. The molecule has 2 N–H and O–H groups in total. The van der Waals surface area contributed by atoms with Crippen molar-refractivity contribution in [3.63, 3.8) is 0 Å². The van der Waals surface area contributed by atoms with Gasteiger partial charge < -0.3 is 20.1 Å². The number of nitrogens with two attached hydrogens (primary N) is 1. The van der Waals surface area contributed by atoms with E-state index in [2.05, 4.69) is 6.08 Å². The Labute approximate surface area is 196 Å². The second-order valence-corrected chi connectivity index (χ2v) is 9.13. The van der Waals surface area contributed by atoms with E-state index in [-0.39, 0.29) is 6.09 Å². The lowest BCUT2D eigenvalue weighted by atomic mass is 9.83. The predicted molar refractivity (Wildman–Crippen MR) is 130 cm³/mol. The van der Waals surface area contributed by atoms with Gasteiger partial charge in [0.15, 0.2) is 0 Å². The molecule has 0 atom stereocenters. The van der Waals surface area contributed by atoms with E-state index < -0.39 is 17.1 Å². The van der Waals surface area contributed by atoms with Gasteiger partial charge in [0, 0.05) is 37.1 Å². The Bertz CT molecular complexity index is 1030. The van der Waals surface area contributed by atoms with Crippen LogP contribution in [-0.2, 0) is 4.74 Å². The van der Waals surface area contributed by atoms with Gasteiger partial charge in [0.2, 0.25) is 5.91 Å². The van der Waals surface area contributed by atoms with Crippen LogP contribution < -0.4 is 10.5 Å². The van der Waals surface area contributed by atoms with Crippen LogP contribution in [0.2, 0.25) is 0 Å². The lowest BCUT2D eigenvalue weighted by Gasteiger charge is -2.43. The van der Waals surface area contributed by atoms with Gasteiger partial charge in [-0.2, -0.15) is 0 Å². The van der Waals surface area contributed by atoms with Crippen molar-refractivity contribution in [3.8, 4) is 5.75 Å². The van der Waals surface area contributed by atoms with E-state index in [0.717, 1.165) is 22.4 Å². The zero-order valence-electron chi connectivity index (χ0n) is 20.2. The molecule has 1 fully saturated rings. The molecule has 6 nitrogen and oxygen atoms in total. The van der Waals surface area contributed by atoms with Crippen molar-refractivity contribution in [1.82, 2.24) is 4.90 Å². The molecular formula is C27H34N2O4. The number of ether oxygens (including phenoxy) is 2. The number of benzene rings is 2. The molecule has 4 rings (SSSR count). The zero-order valence-corrected chi connectivity index (χ0v) is 20.2. The number of fused-ring (bicyclic) bond motifs is 1. The van der Waals surface area contributed by atoms with Gasteiger partial charge in [-0.15, -0.1) is 0 Å². The SMILES string of the molecule is CC.CC(C)(C)OC(=O)N1CCC2(C=C(c3ccc(C(N)=O)cc3)c3ccccc3O2)CC1. The third-order valence-electron chi connectivity index (χ3n) is 5.64. The predicted octanol–water partition coefficient (Wildman–Crippen LogP) is 5.41. The van der Waals surface area contributed by atoms with Crippen LogP contribution in [0.3, 0.4) is 0 Å². The summed E-state index contributed by atoms with van der Waals surface area (Å²) in [6.45, 7) is 10.7. The molecule has 0 bridgehead atoms. The van der Waals surface area contributed by atoms with Gasteiger partial charge in [0.1, 0.15) is 17.0 Å². The molecule has 2 aliphatic heterocycles. The molecule has 2 aromatic carbocycles. The van der Waals surface area contributed by atoms with Crippen LogP contribution >= 0.6 is 0 Å². The van der Waals surface area contributed by atoms with Crippen LogP contribution in [0.5, 0.6) is 5.75 Å². The van der Waals surface area contributed by atoms with E-state index in [1.54, 1.807) is 17.0 Å². The fourth-order valence-electron chi connectivity index (χ4n) is 4.06. The standard InChI is InChI=1S/C25H28N2O4.C2H6/c1-24(2,3)31-23(29)27-14-12-25(13-15-27)16-20(19-6-4-5-7-21(19)30-25)17-8-10-18(11-9-17)22(26)28;1-2/h4-11,16H,12-15H2,1-3H3,(H2,26,28);1-2H3. The average molecular weight is 451 g/mol. The molecule has 0 radical (unpaired) electrons. The van der Waals surface area contributed by atoms with Gasteiger partial charge in [0.25, 0.3) is 0 Å². The van der Waals surface area contributed by atoms with E-state index in [0.29, 0.717) is 31.5 Å². The molecule has 0 aromatic heterocycles. The van der Waals surface area contributed by atoms with E-state index in [1.807, 2.05) is 71.0 Å². The summed E-state index contributed by atoms with van der Waals surface area (Å²) >= 11 is 0. The summed E-state index contributed by atoms with van der Waals surface area (Å²) in [6.07, 6.45) is 3.22. The molecule has 33 heavy (non-hydrogen) atoms. The number of piperidine rings is 1. The lowest BCUT2D eigenvalue weighted by Crippen LogP contribution is -2.50. The highest BCUT2D eigenvalue weighted by atomic mass is 16.6.